The molecule has 18 heavy (non-hydrogen) atoms. The van der Waals surface area contributed by atoms with Gasteiger partial charge >= 0.3 is 6.18 Å². The van der Waals surface area contributed by atoms with E-state index in [2.05, 4.69) is 15.0 Å². The van der Waals surface area contributed by atoms with Gasteiger partial charge in [-0.3, -0.25) is 0 Å². The lowest BCUT2D eigenvalue weighted by Gasteiger charge is -2.01. The van der Waals surface area contributed by atoms with E-state index < -0.39 is 11.2 Å². The van der Waals surface area contributed by atoms with Crippen molar-refractivity contribution in [2.75, 3.05) is 0 Å². The third kappa shape index (κ3) is 2.78. The summed E-state index contributed by atoms with van der Waals surface area (Å²) in [4.78, 5) is 11.7. The molecule has 0 radical (unpaired) electrons. The van der Waals surface area contributed by atoms with E-state index in [1.54, 1.807) is 0 Å². The molecule has 0 fully saturated rings. The summed E-state index contributed by atoms with van der Waals surface area (Å²) in [7, 11) is 0. The van der Waals surface area contributed by atoms with Gasteiger partial charge in [0.15, 0.2) is 5.01 Å². The molecule has 0 aliphatic rings. The summed E-state index contributed by atoms with van der Waals surface area (Å²) < 4.78 is 37.3. The highest BCUT2D eigenvalue weighted by atomic mass is 35.5. The molecule has 2 heterocycles. The van der Waals surface area contributed by atoms with Crippen molar-refractivity contribution in [3.05, 3.63) is 28.2 Å². The van der Waals surface area contributed by atoms with Crippen molar-refractivity contribution < 1.29 is 13.2 Å². The minimum Gasteiger partial charge on any atom is -0.240 e. The Morgan fingerprint density at radius 2 is 2.06 bits per heavy atom. The van der Waals surface area contributed by atoms with Gasteiger partial charge in [0, 0.05) is 18.7 Å². The second-order valence-corrected chi connectivity index (χ2v) is 4.79. The zero-order chi connectivity index (χ0) is 13.3. The average Bonchev–Trinajstić information content (AvgIpc) is 2.77. The van der Waals surface area contributed by atoms with E-state index in [1.165, 1.54) is 6.07 Å². The molecule has 8 heteroatoms. The molecule has 0 unspecified atom stereocenters. The molecule has 0 N–H and O–H groups in total. The SMILES string of the molecule is CCc1nc(Cl)cc(-c2cnc(C(F)(F)F)s2)n1. The molecule has 96 valence electrons. The standard InChI is InChI=1S/C10H7ClF3N3S/c1-2-8-16-5(3-7(11)17-8)6-4-15-9(18-6)10(12,13)14/h3-4H,2H2,1H3. The van der Waals surface area contributed by atoms with Crippen molar-refractivity contribution in [2.45, 2.75) is 19.5 Å². The van der Waals surface area contributed by atoms with Crippen LogP contribution < -0.4 is 0 Å². The highest BCUT2D eigenvalue weighted by molar-refractivity contribution is 7.15. The number of thiazole rings is 1. The van der Waals surface area contributed by atoms with Crippen LogP contribution in [0.1, 0.15) is 17.8 Å². The summed E-state index contributed by atoms with van der Waals surface area (Å²) in [5.74, 6) is 0.486. The van der Waals surface area contributed by atoms with Crippen molar-refractivity contribution in [3.8, 4) is 10.6 Å². The monoisotopic (exact) mass is 293 g/mol. The molecular weight excluding hydrogens is 287 g/mol. The van der Waals surface area contributed by atoms with Crippen LogP contribution in [-0.4, -0.2) is 15.0 Å². The quantitative estimate of drug-likeness (QED) is 0.790. The van der Waals surface area contributed by atoms with E-state index in [9.17, 15) is 13.2 Å². The van der Waals surface area contributed by atoms with Crippen LogP contribution >= 0.6 is 22.9 Å². The largest absolute Gasteiger partial charge is 0.443 e. The van der Waals surface area contributed by atoms with Gasteiger partial charge in [0.2, 0.25) is 0 Å². The van der Waals surface area contributed by atoms with E-state index >= 15 is 0 Å². The highest BCUT2D eigenvalue weighted by Crippen LogP contribution is 2.36. The van der Waals surface area contributed by atoms with Gasteiger partial charge in [-0.2, -0.15) is 13.2 Å². The van der Waals surface area contributed by atoms with Crippen LogP contribution in [0.15, 0.2) is 12.3 Å². The molecule has 0 saturated carbocycles. The Kier molecular flexibility index (Phi) is 3.54. The normalized spacial score (nSPS) is 11.8. The average molecular weight is 294 g/mol. The first-order chi connectivity index (χ1) is 8.40. The second-order valence-electron chi connectivity index (χ2n) is 3.37. The van der Waals surface area contributed by atoms with Crippen molar-refractivity contribution >= 4 is 22.9 Å². The molecule has 2 aromatic heterocycles. The lowest BCUT2D eigenvalue weighted by molar-refractivity contribution is -0.137. The fraction of sp³-hybridized carbons (Fsp3) is 0.300. The number of alkyl halides is 3. The van der Waals surface area contributed by atoms with Crippen LogP contribution in [0.5, 0.6) is 0 Å². The van der Waals surface area contributed by atoms with Gasteiger partial charge in [-0.05, 0) is 0 Å². The Labute approximate surface area is 110 Å². The van der Waals surface area contributed by atoms with Crippen LogP contribution in [0.3, 0.4) is 0 Å². The smallest absolute Gasteiger partial charge is 0.240 e. The molecule has 0 saturated heterocycles. The van der Waals surface area contributed by atoms with E-state index in [0.717, 1.165) is 6.20 Å². The fourth-order valence-corrected chi connectivity index (χ4v) is 2.22. The molecule has 0 aromatic carbocycles. The number of aryl methyl sites for hydroxylation is 1. The van der Waals surface area contributed by atoms with Gasteiger partial charge in [0.05, 0.1) is 10.6 Å². The molecule has 0 amide bonds. The van der Waals surface area contributed by atoms with Crippen molar-refractivity contribution in [2.24, 2.45) is 0 Å². The molecular formula is C10H7ClF3N3S. The zero-order valence-corrected chi connectivity index (χ0v) is 10.7. The van der Waals surface area contributed by atoms with Crippen LogP contribution in [0.2, 0.25) is 5.15 Å². The molecule has 2 rings (SSSR count). The lowest BCUT2D eigenvalue weighted by Crippen LogP contribution is -2.02. The van der Waals surface area contributed by atoms with Crippen LogP contribution in [0.25, 0.3) is 10.6 Å². The topological polar surface area (TPSA) is 38.7 Å². The molecule has 3 nitrogen and oxygen atoms in total. The van der Waals surface area contributed by atoms with E-state index in [-0.39, 0.29) is 5.15 Å². The third-order valence-corrected chi connectivity index (χ3v) is 3.32. The molecule has 0 bridgehead atoms. The Hall–Kier alpha value is -1.21. The van der Waals surface area contributed by atoms with E-state index in [1.807, 2.05) is 6.92 Å². The maximum absolute atomic E-state index is 12.4. The summed E-state index contributed by atoms with van der Waals surface area (Å²) in [5.41, 5.74) is 0.361. The highest BCUT2D eigenvalue weighted by Gasteiger charge is 2.34. The van der Waals surface area contributed by atoms with Gasteiger partial charge in [-0.1, -0.05) is 18.5 Å². The Morgan fingerprint density at radius 1 is 1.33 bits per heavy atom. The van der Waals surface area contributed by atoms with E-state index in [0.29, 0.717) is 34.2 Å². The summed E-state index contributed by atoms with van der Waals surface area (Å²) >= 11 is 6.32. The maximum atomic E-state index is 12.4. The molecule has 0 aliphatic heterocycles. The number of hydrogen-bond acceptors (Lipinski definition) is 4. The Balaban J connectivity index is 2.43. The Bertz CT molecular complexity index is 568. The van der Waals surface area contributed by atoms with Gasteiger partial charge in [0.25, 0.3) is 0 Å². The summed E-state index contributed by atoms with van der Waals surface area (Å²) in [6, 6.07) is 1.42. The van der Waals surface area contributed by atoms with Gasteiger partial charge in [-0.15, -0.1) is 11.3 Å². The van der Waals surface area contributed by atoms with Crippen molar-refractivity contribution in [3.63, 3.8) is 0 Å². The molecule has 0 atom stereocenters. The Morgan fingerprint density at radius 3 is 2.61 bits per heavy atom. The van der Waals surface area contributed by atoms with Gasteiger partial charge in [-0.25, -0.2) is 15.0 Å². The number of aromatic nitrogens is 3. The number of rotatable bonds is 2. The summed E-state index contributed by atoms with van der Waals surface area (Å²) in [5, 5.41) is -0.691. The predicted molar refractivity (Wildman–Crippen MR) is 62.5 cm³/mol. The minimum atomic E-state index is -4.44. The van der Waals surface area contributed by atoms with Crippen LogP contribution in [0.4, 0.5) is 13.2 Å². The fourth-order valence-electron chi connectivity index (χ4n) is 1.27. The molecule has 0 aliphatic carbocycles. The molecule has 0 spiro atoms. The third-order valence-electron chi connectivity index (χ3n) is 2.06. The zero-order valence-electron chi connectivity index (χ0n) is 9.12. The number of nitrogens with zero attached hydrogens (tertiary/aromatic N) is 3. The van der Waals surface area contributed by atoms with Crippen LogP contribution in [-0.2, 0) is 12.6 Å². The second kappa shape index (κ2) is 4.81. The minimum absolute atomic E-state index is 0.207. The first kappa shape index (κ1) is 13.2. The number of halogens is 4. The van der Waals surface area contributed by atoms with Crippen LogP contribution in [0, 0.1) is 0 Å². The first-order valence-corrected chi connectivity index (χ1v) is 6.16. The maximum Gasteiger partial charge on any atom is 0.443 e. The summed E-state index contributed by atoms with van der Waals surface area (Å²) in [6.07, 6.45) is -2.74. The first-order valence-electron chi connectivity index (χ1n) is 4.97. The predicted octanol–water partition coefficient (Wildman–Crippen LogP) is 3.83. The van der Waals surface area contributed by atoms with Crippen molar-refractivity contribution in [1.82, 2.24) is 15.0 Å². The van der Waals surface area contributed by atoms with Gasteiger partial charge < -0.3 is 0 Å². The van der Waals surface area contributed by atoms with Crippen molar-refractivity contribution in [1.29, 1.82) is 0 Å². The van der Waals surface area contributed by atoms with Gasteiger partial charge in [0.1, 0.15) is 11.0 Å². The molecule has 2 aromatic rings. The van der Waals surface area contributed by atoms with E-state index in [4.69, 9.17) is 11.6 Å². The lowest BCUT2D eigenvalue weighted by atomic mass is 10.3. The summed E-state index contributed by atoms with van der Waals surface area (Å²) in [6.45, 7) is 1.84. The number of hydrogen-bond donors (Lipinski definition) is 0.